The van der Waals surface area contributed by atoms with Crippen LogP contribution in [0.5, 0.6) is 11.5 Å². The van der Waals surface area contributed by atoms with Crippen molar-refractivity contribution in [2.45, 2.75) is 35.9 Å². The van der Waals surface area contributed by atoms with Gasteiger partial charge in [0.2, 0.25) is 11.8 Å². The number of carbonyl (C=O) groups excluding carboxylic acids is 3. The molecule has 0 radical (unpaired) electrons. The lowest BCUT2D eigenvalue weighted by molar-refractivity contribution is -0.141. The zero-order valence-corrected chi connectivity index (χ0v) is 26.5. The topological polar surface area (TPSA) is 109 Å². The van der Waals surface area contributed by atoms with Crippen LogP contribution in [0.2, 0.25) is 0 Å². The van der Waals surface area contributed by atoms with E-state index in [1.165, 1.54) is 4.90 Å². The summed E-state index contributed by atoms with van der Waals surface area (Å²) in [5.41, 5.74) is -0.0500. The summed E-state index contributed by atoms with van der Waals surface area (Å²) in [6, 6.07) is 13.1. The molecule has 234 valence electrons. The van der Waals surface area contributed by atoms with E-state index in [-0.39, 0.29) is 48.8 Å². The number of hydrogen-bond acceptors (Lipinski definition) is 7. The summed E-state index contributed by atoms with van der Waals surface area (Å²) in [7, 11) is 1.56. The molecule has 1 spiro atoms. The van der Waals surface area contributed by atoms with E-state index in [0.717, 1.165) is 0 Å². The van der Waals surface area contributed by atoms with Gasteiger partial charge in [0, 0.05) is 35.8 Å². The van der Waals surface area contributed by atoms with Crippen LogP contribution in [0.15, 0.2) is 73.8 Å². The molecule has 44 heavy (non-hydrogen) atoms. The second-order valence-corrected chi connectivity index (χ2v) is 12.2. The van der Waals surface area contributed by atoms with Crippen LogP contribution in [0.4, 0.5) is 11.4 Å². The number of carbonyl (C=O) groups is 3. The number of aliphatic hydroxyl groups excluding tert-OH is 1. The molecule has 2 aromatic carbocycles. The first-order valence-electron chi connectivity index (χ1n) is 14.7. The number of fused-ring (bicyclic) bond motifs is 1. The predicted molar refractivity (Wildman–Crippen MR) is 170 cm³/mol. The highest BCUT2D eigenvalue weighted by molar-refractivity contribution is 9.09. The molecule has 3 heterocycles. The molecule has 3 fully saturated rings. The molecule has 2 bridgehead atoms. The number of halogens is 1. The maximum Gasteiger partial charge on any atom is 0.253 e. The summed E-state index contributed by atoms with van der Waals surface area (Å²) in [4.78, 5) is 47.4. The number of nitrogens with zero attached hydrogens (tertiary/aromatic N) is 3. The SMILES string of the molecule is C=CCN(C(=O)C1N(CCO)C(=O)[C@@H]2[C@@H](C(=O)N(CC=C)c3ccc(OCC)cc3)[C@@H]3OC12CC3Br)c1ccc(OC)cc1. The summed E-state index contributed by atoms with van der Waals surface area (Å²) in [5.74, 6) is -1.50. The van der Waals surface area contributed by atoms with Crippen molar-refractivity contribution in [1.82, 2.24) is 4.90 Å². The van der Waals surface area contributed by atoms with Gasteiger partial charge in [-0.15, -0.1) is 13.2 Å². The lowest BCUT2D eigenvalue weighted by Gasteiger charge is -2.37. The number of anilines is 2. The Hall–Kier alpha value is -3.67. The van der Waals surface area contributed by atoms with Gasteiger partial charge in [-0.25, -0.2) is 0 Å². The second kappa shape index (κ2) is 13.1. The van der Waals surface area contributed by atoms with Crippen LogP contribution in [-0.4, -0.2) is 90.3 Å². The van der Waals surface area contributed by atoms with Crippen molar-refractivity contribution >= 4 is 45.0 Å². The Morgan fingerprint density at radius 3 is 2.14 bits per heavy atom. The molecular weight excluding hydrogens is 630 g/mol. The Morgan fingerprint density at radius 1 is 1.05 bits per heavy atom. The summed E-state index contributed by atoms with van der Waals surface area (Å²) in [6.45, 7) is 10.1. The largest absolute Gasteiger partial charge is 0.497 e. The third-order valence-electron chi connectivity index (χ3n) is 8.65. The molecule has 0 saturated carbocycles. The van der Waals surface area contributed by atoms with E-state index in [2.05, 4.69) is 29.1 Å². The lowest BCUT2D eigenvalue weighted by Crippen LogP contribution is -2.57. The van der Waals surface area contributed by atoms with Crippen molar-refractivity contribution in [3.8, 4) is 11.5 Å². The number of likely N-dealkylation sites (tertiary alicyclic amines) is 1. The molecule has 0 aromatic heterocycles. The number of amides is 3. The molecule has 3 aliphatic heterocycles. The molecule has 5 rings (SSSR count). The van der Waals surface area contributed by atoms with Crippen molar-refractivity contribution in [3.05, 3.63) is 73.8 Å². The van der Waals surface area contributed by atoms with Crippen LogP contribution in [0.1, 0.15) is 13.3 Å². The van der Waals surface area contributed by atoms with Crippen molar-refractivity contribution < 1.29 is 33.7 Å². The molecule has 10 nitrogen and oxygen atoms in total. The molecule has 11 heteroatoms. The van der Waals surface area contributed by atoms with Gasteiger partial charge in [0.05, 0.1) is 38.3 Å². The fourth-order valence-corrected chi connectivity index (χ4v) is 7.86. The van der Waals surface area contributed by atoms with Gasteiger partial charge >= 0.3 is 0 Å². The van der Waals surface area contributed by atoms with E-state index in [4.69, 9.17) is 14.2 Å². The van der Waals surface area contributed by atoms with Gasteiger partial charge in [-0.05, 0) is 61.9 Å². The molecule has 3 saturated heterocycles. The van der Waals surface area contributed by atoms with E-state index in [1.807, 2.05) is 6.92 Å². The van der Waals surface area contributed by atoms with Gasteiger partial charge in [-0.3, -0.25) is 14.4 Å². The summed E-state index contributed by atoms with van der Waals surface area (Å²) in [5, 5.41) is 9.99. The fraction of sp³-hybridized carbons (Fsp3) is 0.424. The van der Waals surface area contributed by atoms with Gasteiger partial charge < -0.3 is 34.0 Å². The zero-order chi connectivity index (χ0) is 31.6. The van der Waals surface area contributed by atoms with Crippen molar-refractivity contribution in [3.63, 3.8) is 0 Å². The summed E-state index contributed by atoms with van der Waals surface area (Å²) in [6.07, 6.45) is 2.96. The normalized spacial score (nSPS) is 26.7. The van der Waals surface area contributed by atoms with Gasteiger partial charge in [0.25, 0.3) is 5.91 Å². The molecular formula is C33H38BrN3O7. The Balaban J connectivity index is 1.54. The monoisotopic (exact) mass is 667 g/mol. The number of aliphatic hydroxyl groups is 1. The molecule has 3 amide bonds. The Labute approximate surface area is 266 Å². The van der Waals surface area contributed by atoms with E-state index >= 15 is 0 Å². The Morgan fingerprint density at radius 2 is 1.61 bits per heavy atom. The highest BCUT2D eigenvalue weighted by Gasteiger charge is 2.77. The molecule has 0 aliphatic carbocycles. The van der Waals surface area contributed by atoms with E-state index in [9.17, 15) is 19.5 Å². The molecule has 2 aromatic rings. The average molecular weight is 669 g/mol. The lowest BCUT2D eigenvalue weighted by atomic mass is 9.70. The first-order valence-corrected chi connectivity index (χ1v) is 15.6. The summed E-state index contributed by atoms with van der Waals surface area (Å²) < 4.78 is 17.5. The highest BCUT2D eigenvalue weighted by atomic mass is 79.9. The fourth-order valence-electron chi connectivity index (χ4n) is 6.92. The van der Waals surface area contributed by atoms with Crippen LogP contribution in [0.3, 0.4) is 0 Å². The van der Waals surface area contributed by atoms with Gasteiger partial charge in [0.15, 0.2) is 0 Å². The van der Waals surface area contributed by atoms with Crippen LogP contribution in [0, 0.1) is 11.8 Å². The third kappa shape index (κ3) is 5.31. The average Bonchev–Trinajstić information content (AvgIpc) is 3.62. The minimum atomic E-state index is -1.27. The maximum absolute atomic E-state index is 14.5. The minimum absolute atomic E-state index is 0.0742. The van der Waals surface area contributed by atoms with Crippen LogP contribution >= 0.6 is 15.9 Å². The Bertz CT molecular complexity index is 1400. The number of benzene rings is 2. The molecule has 3 unspecified atom stereocenters. The van der Waals surface area contributed by atoms with Crippen LogP contribution in [0.25, 0.3) is 0 Å². The van der Waals surface area contributed by atoms with E-state index in [1.54, 1.807) is 77.6 Å². The summed E-state index contributed by atoms with van der Waals surface area (Å²) >= 11 is 3.72. The smallest absolute Gasteiger partial charge is 0.253 e. The van der Waals surface area contributed by atoms with E-state index in [0.29, 0.717) is 35.9 Å². The third-order valence-corrected chi connectivity index (χ3v) is 9.49. The molecule has 3 aliphatic rings. The number of hydrogen-bond donors (Lipinski definition) is 1. The predicted octanol–water partition coefficient (Wildman–Crippen LogP) is 3.57. The molecule has 6 atom stereocenters. The van der Waals surface area contributed by atoms with Crippen molar-refractivity contribution in [2.75, 3.05) is 49.8 Å². The van der Waals surface area contributed by atoms with Crippen molar-refractivity contribution in [2.24, 2.45) is 11.8 Å². The van der Waals surface area contributed by atoms with Gasteiger partial charge in [0.1, 0.15) is 23.1 Å². The van der Waals surface area contributed by atoms with Crippen LogP contribution in [-0.2, 0) is 19.1 Å². The van der Waals surface area contributed by atoms with Crippen LogP contribution < -0.4 is 19.3 Å². The first-order chi connectivity index (χ1) is 21.3. The maximum atomic E-state index is 14.5. The zero-order valence-electron chi connectivity index (χ0n) is 24.9. The number of β-amino-alcohol motifs (C(OH)–C–C–N with tert-alkyl or cyclic N) is 1. The number of ether oxygens (including phenoxy) is 3. The number of methoxy groups -OCH3 is 1. The quantitative estimate of drug-likeness (QED) is 0.257. The molecule has 1 N–H and O–H groups in total. The van der Waals surface area contributed by atoms with E-state index < -0.39 is 29.6 Å². The first kappa shape index (κ1) is 31.7. The van der Waals surface area contributed by atoms with Gasteiger partial charge in [-0.1, -0.05) is 28.1 Å². The minimum Gasteiger partial charge on any atom is -0.497 e. The van der Waals surface area contributed by atoms with Gasteiger partial charge in [-0.2, -0.15) is 0 Å². The number of rotatable bonds is 13. The highest BCUT2D eigenvalue weighted by Crippen LogP contribution is 2.60. The number of alkyl halides is 1. The Kier molecular flexibility index (Phi) is 9.48. The second-order valence-electron chi connectivity index (χ2n) is 11.0. The standard InChI is InChI=1S/C33H38BrN3O7/c1-5-16-35(21-10-14-24(15-11-21)43-7-3)30(39)26-27-31(40)37(18-19-38)29(33(27)20-25(34)28(26)44-33)32(41)36(17-6-2)22-8-12-23(42-4)13-9-22/h5-6,8-15,25-29,38H,1-2,7,16-20H2,3-4H3/t25?,26-,27+,28-,29?,33?/m1/s1. The van der Waals surface area contributed by atoms with Crippen molar-refractivity contribution in [1.29, 1.82) is 0 Å².